The first kappa shape index (κ1) is 18.3. The summed E-state index contributed by atoms with van der Waals surface area (Å²) in [6.07, 6.45) is 4.58. The fraction of sp³-hybridized carbons (Fsp3) is 0.750. The number of rotatable bonds is 4. The van der Waals surface area contributed by atoms with Crippen LogP contribution in [0.1, 0.15) is 23.3 Å². The van der Waals surface area contributed by atoms with Crippen LogP contribution in [0.5, 0.6) is 0 Å². The van der Waals surface area contributed by atoms with Crippen molar-refractivity contribution < 1.29 is 17.9 Å². The Morgan fingerprint density at radius 1 is 1.40 bits per heavy atom. The zero-order chi connectivity index (χ0) is 18.2. The van der Waals surface area contributed by atoms with Gasteiger partial charge in [0.2, 0.25) is 10.0 Å². The standard InChI is InChI=1S/C16H26N4O4S/c1-18-7-4-14(17-18)15(21)19-8-5-16(6-9-19)12-20(25(3,22)23)10-13(16)11-24-2/h4,7,13H,5-6,8-12H2,1-3H3/t13-/m0/s1. The second-order valence-corrected chi connectivity index (χ2v) is 9.22. The Kier molecular flexibility index (Phi) is 4.91. The number of sulfonamides is 1. The smallest absolute Gasteiger partial charge is 0.274 e. The van der Waals surface area contributed by atoms with Crippen LogP contribution in [0.3, 0.4) is 0 Å². The van der Waals surface area contributed by atoms with Gasteiger partial charge in [-0.15, -0.1) is 0 Å². The van der Waals surface area contributed by atoms with Gasteiger partial charge < -0.3 is 9.64 Å². The number of methoxy groups -OCH3 is 1. The summed E-state index contributed by atoms with van der Waals surface area (Å²) in [5.41, 5.74) is 0.344. The zero-order valence-electron chi connectivity index (χ0n) is 15.0. The lowest BCUT2D eigenvalue weighted by Crippen LogP contribution is -2.47. The molecule has 3 heterocycles. The van der Waals surface area contributed by atoms with Gasteiger partial charge in [0, 0.05) is 52.5 Å². The molecule has 2 saturated heterocycles. The molecule has 2 aliphatic rings. The summed E-state index contributed by atoms with van der Waals surface area (Å²) in [6.45, 7) is 2.80. The van der Waals surface area contributed by atoms with E-state index in [0.29, 0.717) is 38.5 Å². The maximum Gasteiger partial charge on any atom is 0.274 e. The van der Waals surface area contributed by atoms with Gasteiger partial charge in [-0.3, -0.25) is 9.48 Å². The Hall–Kier alpha value is -1.45. The average Bonchev–Trinajstić information content (AvgIpc) is 3.13. The summed E-state index contributed by atoms with van der Waals surface area (Å²) in [5, 5.41) is 4.18. The topological polar surface area (TPSA) is 84.7 Å². The normalized spacial score (nSPS) is 24.1. The van der Waals surface area contributed by atoms with Gasteiger partial charge in [0.1, 0.15) is 5.69 Å². The molecule has 1 aromatic rings. The number of piperidine rings is 1. The van der Waals surface area contributed by atoms with Crippen LogP contribution in [0, 0.1) is 11.3 Å². The Balaban J connectivity index is 1.71. The van der Waals surface area contributed by atoms with Crippen LogP contribution >= 0.6 is 0 Å². The predicted octanol–water partition coefficient (Wildman–Crippen LogP) is 0.180. The maximum atomic E-state index is 12.6. The van der Waals surface area contributed by atoms with Gasteiger partial charge in [-0.2, -0.15) is 5.10 Å². The quantitative estimate of drug-likeness (QED) is 0.755. The highest BCUT2D eigenvalue weighted by molar-refractivity contribution is 7.88. The van der Waals surface area contributed by atoms with E-state index in [0.717, 1.165) is 12.8 Å². The fourth-order valence-electron chi connectivity index (χ4n) is 4.08. The molecule has 1 atom stereocenters. The van der Waals surface area contributed by atoms with Crippen LogP contribution in [-0.2, 0) is 21.8 Å². The number of amides is 1. The first-order valence-electron chi connectivity index (χ1n) is 8.48. The molecule has 2 fully saturated rings. The SMILES string of the molecule is COC[C@@H]1CN(S(C)(=O)=O)CC12CCN(C(=O)c1ccn(C)n1)CC2. The predicted molar refractivity (Wildman–Crippen MR) is 92.6 cm³/mol. The highest BCUT2D eigenvalue weighted by Gasteiger charge is 2.50. The maximum absolute atomic E-state index is 12.6. The van der Waals surface area contributed by atoms with Crippen molar-refractivity contribution in [2.24, 2.45) is 18.4 Å². The summed E-state index contributed by atoms with van der Waals surface area (Å²) in [7, 11) is 0.222. The molecule has 2 aliphatic heterocycles. The van der Waals surface area contributed by atoms with Crippen molar-refractivity contribution in [1.82, 2.24) is 19.0 Å². The minimum Gasteiger partial charge on any atom is -0.384 e. The van der Waals surface area contributed by atoms with Crippen LogP contribution in [0.15, 0.2) is 12.3 Å². The summed E-state index contributed by atoms with van der Waals surface area (Å²) in [6, 6.07) is 1.72. The molecule has 1 aromatic heterocycles. The van der Waals surface area contributed by atoms with Crippen LogP contribution in [0.2, 0.25) is 0 Å². The molecule has 0 radical (unpaired) electrons. The lowest BCUT2D eigenvalue weighted by molar-refractivity contribution is 0.0324. The van der Waals surface area contributed by atoms with Gasteiger partial charge >= 0.3 is 0 Å². The molecule has 25 heavy (non-hydrogen) atoms. The van der Waals surface area contributed by atoms with Crippen LogP contribution < -0.4 is 0 Å². The molecule has 1 spiro atoms. The van der Waals surface area contributed by atoms with Crippen molar-refractivity contribution >= 4 is 15.9 Å². The van der Waals surface area contributed by atoms with E-state index in [9.17, 15) is 13.2 Å². The van der Waals surface area contributed by atoms with Gasteiger partial charge in [-0.05, 0) is 24.3 Å². The molecule has 1 amide bonds. The second-order valence-electron chi connectivity index (χ2n) is 7.24. The van der Waals surface area contributed by atoms with Crippen molar-refractivity contribution in [3.63, 3.8) is 0 Å². The molecule has 0 unspecified atom stereocenters. The molecule has 0 aromatic carbocycles. The minimum atomic E-state index is -3.21. The van der Waals surface area contributed by atoms with Crippen molar-refractivity contribution in [3.8, 4) is 0 Å². The number of hydrogen-bond donors (Lipinski definition) is 0. The lowest BCUT2D eigenvalue weighted by atomic mass is 9.71. The Bertz CT molecular complexity index is 737. The number of hydrogen-bond acceptors (Lipinski definition) is 5. The highest BCUT2D eigenvalue weighted by atomic mass is 32.2. The van der Waals surface area contributed by atoms with Gasteiger partial charge in [-0.25, -0.2) is 12.7 Å². The first-order chi connectivity index (χ1) is 11.7. The van der Waals surface area contributed by atoms with Crippen LogP contribution in [0.4, 0.5) is 0 Å². The number of ether oxygens (including phenoxy) is 1. The second kappa shape index (κ2) is 6.69. The summed E-state index contributed by atoms with van der Waals surface area (Å²) in [5.74, 6) is 0.107. The van der Waals surface area contributed by atoms with Crippen molar-refractivity contribution in [2.75, 3.05) is 46.2 Å². The van der Waals surface area contributed by atoms with Crippen LogP contribution in [-0.4, -0.2) is 79.5 Å². The molecular weight excluding hydrogens is 344 g/mol. The molecule has 9 heteroatoms. The third kappa shape index (κ3) is 3.58. The number of likely N-dealkylation sites (tertiary alicyclic amines) is 1. The average molecular weight is 370 g/mol. The van der Waals surface area contributed by atoms with E-state index in [4.69, 9.17) is 4.74 Å². The van der Waals surface area contributed by atoms with Crippen molar-refractivity contribution in [3.05, 3.63) is 18.0 Å². The van der Waals surface area contributed by atoms with Gasteiger partial charge in [0.15, 0.2) is 0 Å². The Labute approximate surface area is 148 Å². The first-order valence-corrected chi connectivity index (χ1v) is 10.3. The van der Waals surface area contributed by atoms with E-state index in [1.54, 1.807) is 35.4 Å². The largest absolute Gasteiger partial charge is 0.384 e. The summed E-state index contributed by atoms with van der Waals surface area (Å²) in [4.78, 5) is 14.4. The number of carbonyl (C=O) groups is 1. The number of aryl methyl sites for hydroxylation is 1. The van der Waals surface area contributed by atoms with Crippen LogP contribution in [0.25, 0.3) is 0 Å². The molecule has 3 rings (SSSR count). The Morgan fingerprint density at radius 3 is 2.60 bits per heavy atom. The lowest BCUT2D eigenvalue weighted by Gasteiger charge is -2.42. The number of carbonyl (C=O) groups excluding carboxylic acids is 1. The van der Waals surface area contributed by atoms with E-state index in [1.807, 2.05) is 4.90 Å². The van der Waals surface area contributed by atoms with E-state index in [-0.39, 0.29) is 17.2 Å². The monoisotopic (exact) mass is 370 g/mol. The molecule has 8 nitrogen and oxygen atoms in total. The van der Waals surface area contributed by atoms with Crippen molar-refractivity contribution in [2.45, 2.75) is 12.8 Å². The minimum absolute atomic E-state index is 0.0586. The number of aromatic nitrogens is 2. The molecule has 0 bridgehead atoms. The zero-order valence-corrected chi connectivity index (χ0v) is 15.8. The molecular formula is C16H26N4O4S. The molecule has 0 saturated carbocycles. The third-order valence-corrected chi connectivity index (χ3v) is 6.81. The third-order valence-electron chi connectivity index (χ3n) is 5.60. The molecule has 140 valence electrons. The highest BCUT2D eigenvalue weighted by Crippen LogP contribution is 2.45. The molecule has 0 aliphatic carbocycles. The van der Waals surface area contributed by atoms with E-state index in [2.05, 4.69) is 5.10 Å². The van der Waals surface area contributed by atoms with Gasteiger partial charge in [0.05, 0.1) is 12.9 Å². The Morgan fingerprint density at radius 2 is 2.08 bits per heavy atom. The van der Waals surface area contributed by atoms with Gasteiger partial charge in [-0.1, -0.05) is 0 Å². The summed E-state index contributed by atoms with van der Waals surface area (Å²) >= 11 is 0. The van der Waals surface area contributed by atoms with E-state index < -0.39 is 10.0 Å². The summed E-state index contributed by atoms with van der Waals surface area (Å²) < 4.78 is 32.5. The van der Waals surface area contributed by atoms with Gasteiger partial charge in [0.25, 0.3) is 5.91 Å². The van der Waals surface area contributed by atoms with E-state index >= 15 is 0 Å². The van der Waals surface area contributed by atoms with Crippen molar-refractivity contribution in [1.29, 1.82) is 0 Å². The molecule has 0 N–H and O–H groups in total. The number of nitrogens with zero attached hydrogens (tertiary/aromatic N) is 4. The fourth-order valence-corrected chi connectivity index (χ4v) is 5.02. The van der Waals surface area contributed by atoms with E-state index in [1.165, 1.54) is 6.26 Å².